The number of carbonyl (C=O) groups is 2. The van der Waals surface area contributed by atoms with Crippen LogP contribution in [0.2, 0.25) is 0 Å². The van der Waals surface area contributed by atoms with Crippen molar-refractivity contribution in [3.8, 4) is 0 Å². The van der Waals surface area contributed by atoms with Gasteiger partial charge in [0.05, 0.1) is 18.4 Å². The van der Waals surface area contributed by atoms with Crippen LogP contribution in [0.1, 0.15) is 37.0 Å². The average molecular weight is 400 g/mol. The number of rotatable bonds is 7. The first kappa shape index (κ1) is 20.8. The summed E-state index contributed by atoms with van der Waals surface area (Å²) < 4.78 is 5.06. The number of aromatic amines is 1. The summed E-state index contributed by atoms with van der Waals surface area (Å²) in [7, 11) is 1.59. The van der Waals surface area contributed by atoms with Gasteiger partial charge >= 0.3 is 0 Å². The van der Waals surface area contributed by atoms with Crippen LogP contribution in [0.15, 0.2) is 25.0 Å². The number of H-pyrrole nitrogens is 1. The fourth-order valence-electron chi connectivity index (χ4n) is 3.68. The second-order valence-electron chi connectivity index (χ2n) is 7.44. The van der Waals surface area contributed by atoms with Crippen molar-refractivity contribution in [3.63, 3.8) is 0 Å². The van der Waals surface area contributed by atoms with Gasteiger partial charge in [-0.05, 0) is 32.8 Å². The number of likely N-dealkylation sites (tertiary alicyclic amines) is 1. The first-order valence-electron chi connectivity index (χ1n) is 9.76. The zero-order valence-corrected chi connectivity index (χ0v) is 17.1. The van der Waals surface area contributed by atoms with Gasteiger partial charge in [0.25, 0.3) is 5.91 Å². The van der Waals surface area contributed by atoms with Gasteiger partial charge in [-0.1, -0.05) is 6.58 Å². The lowest BCUT2D eigenvalue weighted by atomic mass is 9.98. The molecule has 0 unspecified atom stereocenters. The highest BCUT2D eigenvalue weighted by atomic mass is 16.5. The molecule has 0 radical (unpaired) electrons. The number of fused-ring (bicyclic) bond motifs is 1. The smallest absolute Gasteiger partial charge is 0.255 e. The number of aromatic nitrogens is 3. The highest BCUT2D eigenvalue weighted by Gasteiger charge is 2.28. The number of methoxy groups -OCH3 is 1. The van der Waals surface area contributed by atoms with Crippen molar-refractivity contribution in [1.29, 1.82) is 0 Å². The molecule has 2 aromatic heterocycles. The fraction of sp³-hybridized carbons (Fsp3) is 0.500. The Labute approximate surface area is 169 Å². The second-order valence-corrected chi connectivity index (χ2v) is 7.44. The monoisotopic (exact) mass is 400 g/mol. The van der Waals surface area contributed by atoms with Gasteiger partial charge in [0, 0.05) is 38.0 Å². The van der Waals surface area contributed by atoms with Crippen molar-refractivity contribution in [2.75, 3.05) is 25.6 Å². The minimum Gasteiger partial charge on any atom is -0.383 e. The molecular weight excluding hydrogens is 372 g/mol. The highest BCUT2D eigenvalue weighted by molar-refractivity contribution is 6.04. The molecule has 9 heteroatoms. The molecule has 1 aliphatic heterocycles. The molecule has 2 amide bonds. The van der Waals surface area contributed by atoms with Gasteiger partial charge in [0.2, 0.25) is 5.91 Å². The van der Waals surface area contributed by atoms with Crippen molar-refractivity contribution >= 4 is 28.8 Å². The van der Waals surface area contributed by atoms with Crippen molar-refractivity contribution in [3.05, 3.63) is 30.6 Å². The van der Waals surface area contributed by atoms with Crippen molar-refractivity contribution in [2.45, 2.75) is 44.8 Å². The largest absolute Gasteiger partial charge is 0.383 e. The lowest BCUT2D eigenvalue weighted by Crippen LogP contribution is -2.47. The Hall–Kier alpha value is -2.94. The normalized spacial score (nSPS) is 20.3. The molecule has 3 rings (SSSR count). The molecule has 0 aromatic carbocycles. The molecular formula is C20H28N6O3. The Morgan fingerprint density at radius 3 is 3.00 bits per heavy atom. The number of hydrogen-bond donors (Lipinski definition) is 3. The summed E-state index contributed by atoms with van der Waals surface area (Å²) in [5.41, 5.74) is 1.52. The second kappa shape index (κ2) is 9.04. The van der Waals surface area contributed by atoms with Crippen LogP contribution in [0, 0.1) is 0 Å². The van der Waals surface area contributed by atoms with E-state index in [0.717, 1.165) is 12.8 Å². The van der Waals surface area contributed by atoms with Gasteiger partial charge < -0.3 is 25.3 Å². The van der Waals surface area contributed by atoms with Gasteiger partial charge in [-0.25, -0.2) is 9.97 Å². The first-order valence-corrected chi connectivity index (χ1v) is 9.76. The summed E-state index contributed by atoms with van der Waals surface area (Å²) >= 11 is 0. The van der Waals surface area contributed by atoms with Crippen LogP contribution in [0.25, 0.3) is 11.2 Å². The summed E-state index contributed by atoms with van der Waals surface area (Å²) in [6, 6.07) is 0.166. The molecule has 0 spiro atoms. The van der Waals surface area contributed by atoms with Crippen LogP contribution in [0.3, 0.4) is 0 Å². The number of anilines is 1. The van der Waals surface area contributed by atoms with Gasteiger partial charge in [0.1, 0.15) is 11.3 Å². The van der Waals surface area contributed by atoms with Crippen LogP contribution in [0.5, 0.6) is 0 Å². The molecule has 1 saturated heterocycles. The molecule has 1 fully saturated rings. The van der Waals surface area contributed by atoms with E-state index in [1.807, 2.05) is 18.7 Å². The molecule has 3 heterocycles. The minimum atomic E-state index is -0.225. The van der Waals surface area contributed by atoms with Gasteiger partial charge in [-0.2, -0.15) is 0 Å². The number of hydrogen-bond acceptors (Lipinski definition) is 6. The number of piperidine rings is 1. The van der Waals surface area contributed by atoms with Crippen LogP contribution >= 0.6 is 0 Å². The summed E-state index contributed by atoms with van der Waals surface area (Å²) in [5, 5.41) is 6.28. The highest BCUT2D eigenvalue weighted by Crippen LogP contribution is 2.22. The van der Waals surface area contributed by atoms with E-state index in [4.69, 9.17) is 4.74 Å². The Morgan fingerprint density at radius 1 is 1.52 bits per heavy atom. The molecule has 0 aliphatic carbocycles. The first-order chi connectivity index (χ1) is 13.9. The van der Waals surface area contributed by atoms with Crippen LogP contribution in [0.4, 0.5) is 5.82 Å². The van der Waals surface area contributed by atoms with E-state index in [0.29, 0.717) is 35.7 Å². The van der Waals surface area contributed by atoms with Gasteiger partial charge in [-0.3, -0.25) is 9.59 Å². The molecule has 29 heavy (non-hydrogen) atoms. The molecule has 1 aliphatic rings. The summed E-state index contributed by atoms with van der Waals surface area (Å²) in [6.07, 6.45) is 6.23. The average Bonchev–Trinajstić information content (AvgIpc) is 3.11. The third kappa shape index (κ3) is 4.73. The maximum absolute atomic E-state index is 12.6. The van der Waals surface area contributed by atoms with Crippen molar-refractivity contribution in [1.82, 2.24) is 25.2 Å². The maximum Gasteiger partial charge on any atom is 0.255 e. The number of carbonyl (C=O) groups excluding carboxylic acids is 2. The zero-order valence-electron chi connectivity index (χ0n) is 17.1. The molecule has 2 aromatic rings. The van der Waals surface area contributed by atoms with E-state index in [-0.39, 0.29) is 29.9 Å². The molecule has 0 saturated carbocycles. The minimum absolute atomic E-state index is 0.0390. The molecule has 156 valence electrons. The quantitative estimate of drug-likeness (QED) is 0.610. The molecule has 3 N–H and O–H groups in total. The SMILES string of the molecule is C=CC(=O)N1CC[C@@H](Nc2cnc3[nH]cc(C(=O)N[C@@H](C)COC)c3n2)C[C@H]1C. The van der Waals surface area contributed by atoms with Gasteiger partial charge in [-0.15, -0.1) is 0 Å². The van der Waals surface area contributed by atoms with Crippen LogP contribution in [-0.2, 0) is 9.53 Å². The van der Waals surface area contributed by atoms with Gasteiger partial charge in [0.15, 0.2) is 5.65 Å². The number of nitrogens with one attached hydrogen (secondary N) is 3. The standard InChI is InChI=1S/C20H28N6O3/c1-5-17(27)26-7-6-14(8-13(26)3)24-16-10-22-19-18(25-16)15(9-21-19)20(28)23-12(2)11-29-4/h5,9-10,12-14H,1,6-8,11H2,2-4H3,(H,21,22)(H,23,28)(H,24,25)/t12-,13+,14+/m0/s1. The lowest BCUT2D eigenvalue weighted by Gasteiger charge is -2.37. The van der Waals surface area contributed by atoms with E-state index in [1.165, 1.54) is 6.08 Å². The topological polar surface area (TPSA) is 112 Å². The van der Waals surface area contributed by atoms with E-state index in [1.54, 1.807) is 19.5 Å². The Balaban J connectivity index is 1.71. The maximum atomic E-state index is 12.6. The lowest BCUT2D eigenvalue weighted by molar-refractivity contribution is -0.129. The molecule has 0 bridgehead atoms. The zero-order chi connectivity index (χ0) is 21.0. The van der Waals surface area contributed by atoms with Crippen molar-refractivity contribution in [2.24, 2.45) is 0 Å². The number of nitrogens with zero attached hydrogens (tertiary/aromatic N) is 3. The van der Waals surface area contributed by atoms with E-state index in [2.05, 4.69) is 32.2 Å². The third-order valence-electron chi connectivity index (χ3n) is 5.11. The Kier molecular flexibility index (Phi) is 6.48. The predicted molar refractivity (Wildman–Crippen MR) is 111 cm³/mol. The predicted octanol–water partition coefficient (Wildman–Crippen LogP) is 1.70. The molecule has 3 atom stereocenters. The Bertz CT molecular complexity index is 895. The van der Waals surface area contributed by atoms with E-state index in [9.17, 15) is 9.59 Å². The van der Waals surface area contributed by atoms with E-state index >= 15 is 0 Å². The third-order valence-corrected chi connectivity index (χ3v) is 5.11. The molecule has 9 nitrogen and oxygen atoms in total. The van der Waals surface area contributed by atoms with Crippen LogP contribution < -0.4 is 10.6 Å². The summed E-state index contributed by atoms with van der Waals surface area (Å²) in [4.78, 5) is 38.3. The number of ether oxygens (including phenoxy) is 1. The Morgan fingerprint density at radius 2 is 2.31 bits per heavy atom. The van der Waals surface area contributed by atoms with E-state index < -0.39 is 0 Å². The summed E-state index contributed by atoms with van der Waals surface area (Å²) in [5.74, 6) is 0.344. The van der Waals surface area contributed by atoms with Crippen LogP contribution in [-0.4, -0.2) is 70.1 Å². The number of amides is 2. The van der Waals surface area contributed by atoms with Crippen molar-refractivity contribution < 1.29 is 14.3 Å². The fourth-order valence-corrected chi connectivity index (χ4v) is 3.68. The summed E-state index contributed by atoms with van der Waals surface area (Å²) in [6.45, 7) is 8.56.